The summed E-state index contributed by atoms with van der Waals surface area (Å²) < 4.78 is 10.9. The number of anilines is 2. The van der Waals surface area contributed by atoms with E-state index in [1.165, 1.54) is 6.26 Å². The van der Waals surface area contributed by atoms with Crippen molar-refractivity contribution in [2.24, 2.45) is 0 Å². The van der Waals surface area contributed by atoms with E-state index in [-0.39, 0.29) is 17.7 Å². The van der Waals surface area contributed by atoms with E-state index in [0.717, 1.165) is 43.8 Å². The van der Waals surface area contributed by atoms with Gasteiger partial charge in [-0.05, 0) is 75.2 Å². The van der Waals surface area contributed by atoms with Crippen LogP contribution in [0.4, 0.5) is 10.8 Å². The minimum Gasteiger partial charge on any atom is -0.494 e. The zero-order valence-corrected chi connectivity index (χ0v) is 20.0. The number of carbonyl (C=O) groups excluding carboxylic acids is 1. The number of aryl methyl sites for hydroxylation is 2. The second kappa shape index (κ2) is 9.92. The Morgan fingerprint density at radius 1 is 1.09 bits per heavy atom. The lowest BCUT2D eigenvalue weighted by Gasteiger charge is -2.23. The van der Waals surface area contributed by atoms with Gasteiger partial charge in [0, 0.05) is 16.1 Å². The first-order valence-electron chi connectivity index (χ1n) is 10.8. The largest absolute Gasteiger partial charge is 0.494 e. The molecule has 1 atom stereocenters. The summed E-state index contributed by atoms with van der Waals surface area (Å²) in [6.45, 7) is 8.68. The fourth-order valence-electron chi connectivity index (χ4n) is 3.67. The number of hydrogen-bond donors (Lipinski definition) is 2. The van der Waals surface area contributed by atoms with Gasteiger partial charge in [-0.2, -0.15) is 0 Å². The predicted molar refractivity (Wildman–Crippen MR) is 133 cm³/mol. The third-order valence-electron chi connectivity index (χ3n) is 5.40. The first kappa shape index (κ1) is 22.6. The molecule has 0 unspecified atom stereocenters. The zero-order chi connectivity index (χ0) is 23.4. The highest BCUT2D eigenvalue weighted by Crippen LogP contribution is 2.41. The van der Waals surface area contributed by atoms with Crippen LogP contribution in [-0.4, -0.2) is 17.5 Å². The first-order valence-corrected chi connectivity index (χ1v) is 11.7. The number of pyridine rings is 1. The molecule has 7 heteroatoms. The van der Waals surface area contributed by atoms with E-state index >= 15 is 0 Å². The minimum atomic E-state index is -0.276. The summed E-state index contributed by atoms with van der Waals surface area (Å²) in [5.74, 6) is 1.58. The molecule has 0 aliphatic rings. The molecule has 1 amide bonds. The first-order chi connectivity index (χ1) is 16.0. The smallest absolute Gasteiger partial charge is 0.291 e. The standard InChI is InChI=1S/C26H27N3O3S/c1-5-31-20-13-11-19(12-14-20)24(28-22-10-6-8-16(2)27-22)23-17(3)18(4)33-26(23)29-25(30)21-9-7-15-32-21/h6-15,24H,5H2,1-4H3,(H,27,28)(H,29,30)/t24-/m0/s1. The number of ether oxygens (including phenoxy) is 1. The van der Waals surface area contributed by atoms with Crippen molar-refractivity contribution in [3.8, 4) is 5.75 Å². The van der Waals surface area contributed by atoms with Crippen molar-refractivity contribution in [2.45, 2.75) is 33.7 Å². The summed E-state index contributed by atoms with van der Waals surface area (Å²) in [6, 6.07) is 17.0. The lowest BCUT2D eigenvalue weighted by Crippen LogP contribution is -2.18. The highest BCUT2D eigenvalue weighted by molar-refractivity contribution is 7.16. The van der Waals surface area contributed by atoms with E-state index in [1.807, 2.05) is 56.3 Å². The van der Waals surface area contributed by atoms with Gasteiger partial charge in [0.05, 0.1) is 18.9 Å². The Labute approximate surface area is 197 Å². The van der Waals surface area contributed by atoms with Crippen molar-refractivity contribution < 1.29 is 13.9 Å². The molecule has 0 saturated carbocycles. The number of carbonyl (C=O) groups is 1. The highest BCUT2D eigenvalue weighted by Gasteiger charge is 2.25. The Morgan fingerprint density at radius 2 is 1.88 bits per heavy atom. The molecule has 170 valence electrons. The number of thiophene rings is 1. The van der Waals surface area contributed by atoms with Gasteiger partial charge in [0.25, 0.3) is 5.91 Å². The topological polar surface area (TPSA) is 76.4 Å². The third-order valence-corrected chi connectivity index (χ3v) is 6.54. The van der Waals surface area contributed by atoms with Gasteiger partial charge in [-0.1, -0.05) is 18.2 Å². The maximum Gasteiger partial charge on any atom is 0.291 e. The van der Waals surface area contributed by atoms with E-state index in [1.54, 1.807) is 23.5 Å². The predicted octanol–water partition coefficient (Wildman–Crippen LogP) is 6.51. The van der Waals surface area contributed by atoms with Gasteiger partial charge in [-0.15, -0.1) is 11.3 Å². The van der Waals surface area contributed by atoms with Gasteiger partial charge in [-0.3, -0.25) is 4.79 Å². The number of benzene rings is 1. The Balaban J connectivity index is 1.77. The molecule has 3 heterocycles. The van der Waals surface area contributed by atoms with Crippen molar-refractivity contribution in [3.05, 3.63) is 93.9 Å². The number of nitrogens with one attached hydrogen (secondary N) is 2. The summed E-state index contributed by atoms with van der Waals surface area (Å²) in [4.78, 5) is 18.6. The number of nitrogens with zero attached hydrogens (tertiary/aromatic N) is 1. The van der Waals surface area contributed by atoms with Crippen LogP contribution >= 0.6 is 11.3 Å². The zero-order valence-electron chi connectivity index (χ0n) is 19.1. The molecule has 4 aromatic rings. The Hall–Kier alpha value is -3.58. The molecule has 0 aliphatic carbocycles. The number of furan rings is 1. The maximum absolute atomic E-state index is 12.8. The van der Waals surface area contributed by atoms with Crippen LogP contribution < -0.4 is 15.4 Å². The molecule has 0 aliphatic heterocycles. The molecule has 0 bridgehead atoms. The Bertz CT molecular complexity index is 1230. The van der Waals surface area contributed by atoms with E-state index in [2.05, 4.69) is 29.5 Å². The van der Waals surface area contributed by atoms with Crippen molar-refractivity contribution in [1.29, 1.82) is 0 Å². The van der Waals surface area contributed by atoms with Gasteiger partial charge in [-0.25, -0.2) is 4.98 Å². The van der Waals surface area contributed by atoms with Gasteiger partial charge in [0.2, 0.25) is 0 Å². The lowest BCUT2D eigenvalue weighted by atomic mass is 9.96. The van der Waals surface area contributed by atoms with Crippen LogP contribution in [0, 0.1) is 20.8 Å². The van der Waals surface area contributed by atoms with Gasteiger partial charge in [0.1, 0.15) is 16.6 Å². The quantitative estimate of drug-likeness (QED) is 0.313. The van der Waals surface area contributed by atoms with Crippen LogP contribution in [0.1, 0.15) is 50.8 Å². The van der Waals surface area contributed by atoms with Crippen LogP contribution in [0.3, 0.4) is 0 Å². The molecule has 0 saturated heterocycles. The highest BCUT2D eigenvalue weighted by atomic mass is 32.1. The summed E-state index contributed by atoms with van der Waals surface area (Å²) >= 11 is 1.56. The summed E-state index contributed by atoms with van der Waals surface area (Å²) in [7, 11) is 0. The van der Waals surface area contributed by atoms with Crippen molar-refractivity contribution >= 4 is 28.1 Å². The fraction of sp³-hybridized carbons (Fsp3) is 0.231. The normalized spacial score (nSPS) is 11.8. The van der Waals surface area contributed by atoms with Crippen LogP contribution in [0.25, 0.3) is 0 Å². The van der Waals surface area contributed by atoms with E-state index in [4.69, 9.17) is 9.15 Å². The van der Waals surface area contributed by atoms with Crippen LogP contribution in [0.15, 0.2) is 65.3 Å². The molecular weight excluding hydrogens is 434 g/mol. The molecule has 0 spiro atoms. The minimum absolute atomic E-state index is 0.230. The molecule has 33 heavy (non-hydrogen) atoms. The third kappa shape index (κ3) is 5.09. The van der Waals surface area contributed by atoms with Crippen molar-refractivity contribution in [2.75, 3.05) is 17.2 Å². The molecule has 0 fully saturated rings. The van der Waals surface area contributed by atoms with Crippen LogP contribution in [0.2, 0.25) is 0 Å². The van der Waals surface area contributed by atoms with Gasteiger partial charge >= 0.3 is 0 Å². The van der Waals surface area contributed by atoms with E-state index in [9.17, 15) is 4.79 Å². The van der Waals surface area contributed by atoms with Crippen LogP contribution in [-0.2, 0) is 0 Å². The SMILES string of the molecule is CCOc1ccc([C@H](Nc2cccc(C)n2)c2c(NC(=O)c3ccco3)sc(C)c2C)cc1. The maximum atomic E-state index is 12.8. The van der Waals surface area contributed by atoms with Gasteiger partial charge < -0.3 is 19.8 Å². The molecule has 1 aromatic carbocycles. The number of amides is 1. The van der Waals surface area contributed by atoms with Gasteiger partial charge in [0.15, 0.2) is 5.76 Å². The molecule has 6 nitrogen and oxygen atoms in total. The number of hydrogen-bond acceptors (Lipinski definition) is 6. The number of aromatic nitrogens is 1. The fourth-order valence-corrected chi connectivity index (χ4v) is 4.77. The summed E-state index contributed by atoms with van der Waals surface area (Å²) in [6.07, 6.45) is 1.49. The molecule has 3 aromatic heterocycles. The monoisotopic (exact) mass is 461 g/mol. The molecule has 2 N–H and O–H groups in total. The lowest BCUT2D eigenvalue weighted by molar-refractivity contribution is 0.0997. The van der Waals surface area contributed by atoms with E-state index in [0.29, 0.717) is 6.61 Å². The average molecular weight is 462 g/mol. The Morgan fingerprint density at radius 3 is 2.55 bits per heavy atom. The van der Waals surface area contributed by atoms with Crippen molar-refractivity contribution in [1.82, 2.24) is 4.98 Å². The van der Waals surface area contributed by atoms with Crippen molar-refractivity contribution in [3.63, 3.8) is 0 Å². The van der Waals surface area contributed by atoms with Crippen LogP contribution in [0.5, 0.6) is 5.75 Å². The summed E-state index contributed by atoms with van der Waals surface area (Å²) in [5.41, 5.74) is 4.09. The second-order valence-corrected chi connectivity index (χ2v) is 8.93. The average Bonchev–Trinajstić information content (AvgIpc) is 3.42. The Kier molecular flexibility index (Phi) is 6.79. The summed E-state index contributed by atoms with van der Waals surface area (Å²) in [5, 5.41) is 7.42. The molecule has 4 rings (SSSR count). The molecular formula is C26H27N3O3S. The number of rotatable bonds is 8. The molecule has 0 radical (unpaired) electrons. The second-order valence-electron chi connectivity index (χ2n) is 7.70. The van der Waals surface area contributed by atoms with E-state index < -0.39 is 0 Å².